The highest BCUT2D eigenvalue weighted by atomic mass is 19.1. The van der Waals surface area contributed by atoms with Crippen molar-refractivity contribution in [2.24, 2.45) is 0 Å². The maximum Gasteiger partial charge on any atom is 0.265 e. The molecule has 5 nitrogen and oxygen atoms in total. The Morgan fingerprint density at radius 1 is 0.966 bits per heavy atom. The van der Waals surface area contributed by atoms with Gasteiger partial charge in [-0.3, -0.25) is 9.59 Å². The van der Waals surface area contributed by atoms with Crippen LogP contribution in [-0.2, 0) is 4.79 Å². The molecule has 0 heterocycles. The van der Waals surface area contributed by atoms with Gasteiger partial charge in [0.1, 0.15) is 17.6 Å². The van der Waals surface area contributed by atoms with E-state index in [0.29, 0.717) is 28.1 Å². The first-order chi connectivity index (χ1) is 14.0. The normalized spacial score (nSPS) is 11.2. The number of halogens is 1. The van der Waals surface area contributed by atoms with Gasteiger partial charge in [-0.2, -0.15) is 5.26 Å². The monoisotopic (exact) mass is 388 g/mol. The minimum absolute atomic E-state index is 0.240. The van der Waals surface area contributed by atoms with Crippen molar-refractivity contribution in [1.82, 2.24) is 0 Å². The highest BCUT2D eigenvalue weighted by molar-refractivity contribution is 6.09. The number of ketones is 1. The van der Waals surface area contributed by atoms with Gasteiger partial charge < -0.3 is 10.1 Å². The van der Waals surface area contributed by atoms with E-state index in [4.69, 9.17) is 10.00 Å². The first kappa shape index (κ1) is 19.8. The fourth-order valence-corrected chi connectivity index (χ4v) is 2.63. The maximum atomic E-state index is 13.0. The summed E-state index contributed by atoms with van der Waals surface area (Å²) in [5.41, 5.74) is 1.57. The fraction of sp³-hybridized carbons (Fsp3) is 0.0870. The molecule has 0 aliphatic rings. The predicted octanol–water partition coefficient (Wildman–Crippen LogP) is 4.33. The summed E-state index contributed by atoms with van der Waals surface area (Å²) in [5.74, 6) is -0.638. The molecule has 3 aromatic carbocycles. The number of rotatable bonds is 6. The van der Waals surface area contributed by atoms with E-state index >= 15 is 0 Å². The zero-order valence-corrected chi connectivity index (χ0v) is 15.6. The van der Waals surface area contributed by atoms with Gasteiger partial charge in [0.15, 0.2) is 11.9 Å². The van der Waals surface area contributed by atoms with Crippen molar-refractivity contribution in [1.29, 1.82) is 5.26 Å². The van der Waals surface area contributed by atoms with E-state index in [1.54, 1.807) is 55.5 Å². The lowest BCUT2D eigenvalue weighted by Crippen LogP contribution is -2.30. The summed E-state index contributed by atoms with van der Waals surface area (Å²) in [5, 5.41) is 11.8. The molecule has 0 fully saturated rings. The van der Waals surface area contributed by atoms with Crippen LogP contribution < -0.4 is 10.1 Å². The van der Waals surface area contributed by atoms with Crippen LogP contribution in [0.1, 0.15) is 28.4 Å². The Labute approximate surface area is 167 Å². The van der Waals surface area contributed by atoms with E-state index < -0.39 is 17.8 Å². The standard InChI is InChI=1S/C23H17FN2O3/c1-15(23(28)26-21-5-3-2-4-18(21)14-25)29-20-12-8-17(9-13-20)22(27)16-6-10-19(24)11-7-16/h2-13,15H,1H3,(H,26,28)/t15-/m0/s1. The molecule has 3 aromatic rings. The Bertz CT molecular complexity index is 1070. The Balaban J connectivity index is 1.64. The zero-order chi connectivity index (χ0) is 20.8. The van der Waals surface area contributed by atoms with E-state index in [9.17, 15) is 14.0 Å². The molecule has 1 N–H and O–H groups in total. The molecule has 0 bridgehead atoms. The third kappa shape index (κ3) is 4.85. The second-order valence-corrected chi connectivity index (χ2v) is 6.27. The number of benzene rings is 3. The maximum absolute atomic E-state index is 13.0. The van der Waals surface area contributed by atoms with Gasteiger partial charge in [-0.15, -0.1) is 0 Å². The molecule has 1 atom stereocenters. The SMILES string of the molecule is C[C@H](Oc1ccc(C(=O)c2ccc(F)cc2)cc1)C(=O)Nc1ccccc1C#N. The molecule has 0 aromatic heterocycles. The second-order valence-electron chi connectivity index (χ2n) is 6.27. The summed E-state index contributed by atoms with van der Waals surface area (Å²) in [4.78, 5) is 24.8. The molecule has 0 unspecified atom stereocenters. The largest absolute Gasteiger partial charge is 0.481 e. The number of anilines is 1. The van der Waals surface area contributed by atoms with Crippen molar-refractivity contribution >= 4 is 17.4 Å². The summed E-state index contributed by atoms with van der Waals surface area (Å²) >= 11 is 0. The predicted molar refractivity (Wildman–Crippen MR) is 106 cm³/mol. The summed E-state index contributed by atoms with van der Waals surface area (Å²) < 4.78 is 18.6. The van der Waals surface area contributed by atoms with Gasteiger partial charge in [0.25, 0.3) is 5.91 Å². The van der Waals surface area contributed by atoms with Crippen molar-refractivity contribution in [3.8, 4) is 11.8 Å². The van der Waals surface area contributed by atoms with Gasteiger partial charge in [0.05, 0.1) is 11.3 Å². The Kier molecular flexibility index (Phi) is 6.00. The van der Waals surface area contributed by atoms with Crippen molar-refractivity contribution in [3.63, 3.8) is 0 Å². The van der Waals surface area contributed by atoms with Gasteiger partial charge in [-0.25, -0.2) is 4.39 Å². The van der Waals surface area contributed by atoms with Gasteiger partial charge in [0.2, 0.25) is 0 Å². The van der Waals surface area contributed by atoms with E-state index in [1.165, 1.54) is 24.3 Å². The third-order valence-electron chi connectivity index (χ3n) is 4.21. The zero-order valence-electron chi connectivity index (χ0n) is 15.6. The number of nitrogens with zero attached hydrogens (tertiary/aromatic N) is 1. The van der Waals surface area contributed by atoms with Crippen LogP contribution in [0.2, 0.25) is 0 Å². The van der Waals surface area contributed by atoms with E-state index in [2.05, 4.69) is 5.32 Å². The number of amides is 1. The minimum Gasteiger partial charge on any atom is -0.481 e. The van der Waals surface area contributed by atoms with Crippen LogP contribution in [0.3, 0.4) is 0 Å². The molecule has 0 aliphatic heterocycles. The summed E-state index contributed by atoms with van der Waals surface area (Å²) in [7, 11) is 0. The molecule has 0 aliphatic carbocycles. The van der Waals surface area contributed by atoms with Crippen LogP contribution >= 0.6 is 0 Å². The lowest BCUT2D eigenvalue weighted by molar-refractivity contribution is -0.122. The highest BCUT2D eigenvalue weighted by Crippen LogP contribution is 2.18. The molecule has 0 saturated heterocycles. The van der Waals surface area contributed by atoms with E-state index in [0.717, 1.165) is 0 Å². The number of hydrogen-bond donors (Lipinski definition) is 1. The van der Waals surface area contributed by atoms with Crippen molar-refractivity contribution in [2.75, 3.05) is 5.32 Å². The number of nitriles is 1. The van der Waals surface area contributed by atoms with Gasteiger partial charge in [-0.1, -0.05) is 12.1 Å². The van der Waals surface area contributed by atoms with Crippen molar-refractivity contribution in [3.05, 3.63) is 95.3 Å². The van der Waals surface area contributed by atoms with Crippen LogP contribution in [0.4, 0.5) is 10.1 Å². The first-order valence-electron chi connectivity index (χ1n) is 8.85. The molecule has 0 spiro atoms. The molecular formula is C23H17FN2O3. The molecule has 3 rings (SSSR count). The third-order valence-corrected chi connectivity index (χ3v) is 4.21. The lowest BCUT2D eigenvalue weighted by Gasteiger charge is -2.15. The van der Waals surface area contributed by atoms with Crippen molar-refractivity contribution < 1.29 is 18.7 Å². The van der Waals surface area contributed by atoms with Crippen LogP contribution in [0.25, 0.3) is 0 Å². The first-order valence-corrected chi connectivity index (χ1v) is 8.85. The summed E-state index contributed by atoms with van der Waals surface area (Å²) in [6, 6.07) is 20.3. The molecule has 29 heavy (non-hydrogen) atoms. The van der Waals surface area contributed by atoms with Gasteiger partial charge in [-0.05, 0) is 67.6 Å². The number of nitrogens with one attached hydrogen (secondary N) is 1. The number of carbonyl (C=O) groups excluding carboxylic acids is 2. The topological polar surface area (TPSA) is 79.2 Å². The number of hydrogen-bond acceptors (Lipinski definition) is 4. The summed E-state index contributed by atoms with van der Waals surface area (Å²) in [6.45, 7) is 1.59. The fourth-order valence-electron chi connectivity index (χ4n) is 2.63. The summed E-state index contributed by atoms with van der Waals surface area (Å²) in [6.07, 6.45) is -0.819. The van der Waals surface area contributed by atoms with E-state index in [1.807, 2.05) is 6.07 Å². The number of para-hydroxylation sites is 1. The lowest BCUT2D eigenvalue weighted by atomic mass is 10.0. The van der Waals surface area contributed by atoms with Crippen LogP contribution in [-0.4, -0.2) is 17.8 Å². The smallest absolute Gasteiger partial charge is 0.265 e. The average Bonchev–Trinajstić information content (AvgIpc) is 2.74. The Morgan fingerprint density at radius 2 is 1.55 bits per heavy atom. The van der Waals surface area contributed by atoms with E-state index in [-0.39, 0.29) is 5.78 Å². The van der Waals surface area contributed by atoms with Crippen LogP contribution in [0.15, 0.2) is 72.8 Å². The number of ether oxygens (including phenoxy) is 1. The molecule has 0 saturated carbocycles. The highest BCUT2D eigenvalue weighted by Gasteiger charge is 2.17. The Morgan fingerprint density at radius 3 is 2.17 bits per heavy atom. The average molecular weight is 388 g/mol. The molecular weight excluding hydrogens is 371 g/mol. The Hall–Kier alpha value is -3.98. The van der Waals surface area contributed by atoms with Crippen LogP contribution in [0, 0.1) is 17.1 Å². The van der Waals surface area contributed by atoms with Crippen molar-refractivity contribution in [2.45, 2.75) is 13.0 Å². The van der Waals surface area contributed by atoms with Gasteiger partial charge >= 0.3 is 0 Å². The number of carbonyl (C=O) groups is 2. The second kappa shape index (κ2) is 8.81. The molecule has 144 valence electrons. The van der Waals surface area contributed by atoms with Crippen LogP contribution in [0.5, 0.6) is 5.75 Å². The quantitative estimate of drug-likeness (QED) is 0.638. The minimum atomic E-state index is -0.819. The molecule has 1 amide bonds. The molecule has 0 radical (unpaired) electrons. The van der Waals surface area contributed by atoms with Gasteiger partial charge in [0, 0.05) is 11.1 Å². The molecule has 6 heteroatoms.